The fraction of sp³-hybridized carbons (Fsp3) is 0. The third-order valence-corrected chi connectivity index (χ3v) is 2.15. The number of carbonyl (C=O) groups is 2. The lowest BCUT2D eigenvalue weighted by atomic mass is 10.3. The Morgan fingerprint density at radius 2 is 2.31 bits per heavy atom. The van der Waals surface area contributed by atoms with E-state index in [1.807, 2.05) is 0 Å². The molecule has 0 unspecified atom stereocenters. The highest BCUT2D eigenvalue weighted by atomic mass is 32.1. The molecule has 0 radical (unpaired) electrons. The maximum Gasteiger partial charge on any atom is 0.338 e. The summed E-state index contributed by atoms with van der Waals surface area (Å²) in [6, 6.07) is 1.44. The van der Waals surface area contributed by atoms with Crippen molar-refractivity contribution in [3.8, 4) is 0 Å². The minimum Gasteiger partial charge on any atom is -0.478 e. The fourth-order valence-corrected chi connectivity index (χ4v) is 1.52. The minimum absolute atomic E-state index is 0.0974. The van der Waals surface area contributed by atoms with Gasteiger partial charge in [-0.1, -0.05) is 6.58 Å². The van der Waals surface area contributed by atoms with Crippen molar-refractivity contribution in [2.24, 2.45) is 0 Å². The molecule has 2 N–H and O–H groups in total. The summed E-state index contributed by atoms with van der Waals surface area (Å²) in [4.78, 5) is 21.4. The van der Waals surface area contributed by atoms with Gasteiger partial charge in [0.2, 0.25) is 5.91 Å². The van der Waals surface area contributed by atoms with E-state index in [0.29, 0.717) is 5.00 Å². The highest BCUT2D eigenvalue weighted by molar-refractivity contribution is 7.14. The first kappa shape index (κ1) is 9.47. The Morgan fingerprint density at radius 3 is 2.85 bits per heavy atom. The largest absolute Gasteiger partial charge is 0.478 e. The molecule has 68 valence electrons. The van der Waals surface area contributed by atoms with Crippen molar-refractivity contribution < 1.29 is 14.7 Å². The van der Waals surface area contributed by atoms with E-state index in [-0.39, 0.29) is 5.56 Å². The Bertz CT molecular complexity index is 356. The molecule has 1 aromatic rings. The molecule has 0 saturated heterocycles. The molecule has 13 heavy (non-hydrogen) atoms. The number of hydrogen-bond acceptors (Lipinski definition) is 3. The molecule has 0 bridgehead atoms. The molecule has 0 aliphatic rings. The zero-order valence-electron chi connectivity index (χ0n) is 6.61. The molecule has 1 aromatic heterocycles. The van der Waals surface area contributed by atoms with Crippen LogP contribution in [0.3, 0.4) is 0 Å². The maximum absolute atomic E-state index is 10.8. The molecule has 4 nitrogen and oxygen atoms in total. The minimum atomic E-state index is -1.05. The first-order chi connectivity index (χ1) is 6.15. The van der Waals surface area contributed by atoms with Crippen LogP contribution in [0.2, 0.25) is 0 Å². The van der Waals surface area contributed by atoms with Gasteiger partial charge in [-0.2, -0.15) is 0 Å². The van der Waals surface area contributed by atoms with Crippen LogP contribution in [0, 0.1) is 0 Å². The number of amides is 1. The number of aromatic carboxylic acids is 1. The van der Waals surface area contributed by atoms with E-state index in [2.05, 4.69) is 11.9 Å². The second-order valence-corrected chi connectivity index (χ2v) is 3.08. The molecule has 0 aliphatic carbocycles. The van der Waals surface area contributed by atoms with Crippen molar-refractivity contribution in [3.05, 3.63) is 29.7 Å². The molecular weight excluding hydrogens is 190 g/mol. The predicted molar refractivity (Wildman–Crippen MR) is 50.1 cm³/mol. The van der Waals surface area contributed by atoms with Gasteiger partial charge in [-0.25, -0.2) is 4.79 Å². The third kappa shape index (κ3) is 2.16. The normalized spacial score (nSPS) is 9.23. The van der Waals surface area contributed by atoms with Gasteiger partial charge in [0, 0.05) is 0 Å². The second kappa shape index (κ2) is 3.86. The Morgan fingerprint density at radius 1 is 1.62 bits per heavy atom. The molecule has 0 fully saturated rings. The SMILES string of the molecule is C=CC(=O)Nc1sccc1C(=O)O. The number of hydrogen-bond donors (Lipinski definition) is 2. The quantitative estimate of drug-likeness (QED) is 0.723. The van der Waals surface area contributed by atoms with E-state index in [0.717, 1.165) is 17.4 Å². The number of anilines is 1. The lowest BCUT2D eigenvalue weighted by molar-refractivity contribution is -0.111. The Balaban J connectivity index is 2.88. The summed E-state index contributed by atoms with van der Waals surface area (Å²) < 4.78 is 0. The first-order valence-corrected chi connectivity index (χ1v) is 4.27. The average molecular weight is 197 g/mol. The summed E-state index contributed by atoms with van der Waals surface area (Å²) in [5.74, 6) is -1.47. The number of carbonyl (C=O) groups excluding carboxylic acids is 1. The fourth-order valence-electron chi connectivity index (χ4n) is 0.737. The van der Waals surface area contributed by atoms with Crippen molar-refractivity contribution in [2.45, 2.75) is 0 Å². The first-order valence-electron chi connectivity index (χ1n) is 3.39. The second-order valence-electron chi connectivity index (χ2n) is 2.16. The van der Waals surface area contributed by atoms with Crippen LogP contribution in [-0.4, -0.2) is 17.0 Å². The van der Waals surface area contributed by atoms with E-state index in [4.69, 9.17) is 5.11 Å². The van der Waals surface area contributed by atoms with Crippen molar-refractivity contribution in [2.75, 3.05) is 5.32 Å². The van der Waals surface area contributed by atoms with Crippen LogP contribution in [0.5, 0.6) is 0 Å². The zero-order valence-corrected chi connectivity index (χ0v) is 7.43. The predicted octanol–water partition coefficient (Wildman–Crippen LogP) is 1.57. The molecule has 0 aromatic carbocycles. The maximum atomic E-state index is 10.8. The van der Waals surface area contributed by atoms with Gasteiger partial charge >= 0.3 is 5.97 Å². The van der Waals surface area contributed by atoms with Crippen molar-refractivity contribution in [1.29, 1.82) is 0 Å². The van der Waals surface area contributed by atoms with Crippen molar-refractivity contribution in [3.63, 3.8) is 0 Å². The van der Waals surface area contributed by atoms with Crippen molar-refractivity contribution >= 4 is 28.2 Å². The molecule has 1 heterocycles. The van der Waals surface area contributed by atoms with Gasteiger partial charge in [-0.3, -0.25) is 4.79 Å². The standard InChI is InChI=1S/C8H7NO3S/c1-2-6(10)9-7-5(8(11)12)3-4-13-7/h2-4H,1H2,(H,9,10)(H,11,12). The van der Waals surface area contributed by atoms with E-state index >= 15 is 0 Å². The zero-order chi connectivity index (χ0) is 9.84. The molecule has 1 rings (SSSR count). The highest BCUT2D eigenvalue weighted by Crippen LogP contribution is 2.22. The Hall–Kier alpha value is -1.62. The lowest BCUT2D eigenvalue weighted by Gasteiger charge is -1.98. The average Bonchev–Trinajstić information content (AvgIpc) is 2.52. The molecule has 0 atom stereocenters. The number of thiophene rings is 1. The summed E-state index contributed by atoms with van der Waals surface area (Å²) >= 11 is 1.16. The van der Waals surface area contributed by atoms with Gasteiger partial charge in [0.25, 0.3) is 0 Å². The van der Waals surface area contributed by atoms with Gasteiger partial charge in [0.05, 0.1) is 5.56 Å². The summed E-state index contributed by atoms with van der Waals surface area (Å²) in [6.45, 7) is 3.26. The van der Waals surface area contributed by atoms with Gasteiger partial charge < -0.3 is 10.4 Å². The Labute approximate surface area is 78.5 Å². The monoisotopic (exact) mass is 197 g/mol. The number of rotatable bonds is 3. The summed E-state index contributed by atoms with van der Waals surface area (Å²) in [5.41, 5.74) is 0.0974. The third-order valence-electron chi connectivity index (χ3n) is 1.32. The number of nitrogens with one attached hydrogen (secondary N) is 1. The van der Waals surface area contributed by atoms with Crippen LogP contribution in [0.1, 0.15) is 10.4 Å². The van der Waals surface area contributed by atoms with Gasteiger partial charge in [0.15, 0.2) is 0 Å². The summed E-state index contributed by atoms with van der Waals surface area (Å²) in [7, 11) is 0. The van der Waals surface area contributed by atoms with E-state index in [1.54, 1.807) is 5.38 Å². The smallest absolute Gasteiger partial charge is 0.338 e. The molecule has 0 spiro atoms. The molecule has 5 heteroatoms. The molecule has 1 amide bonds. The lowest BCUT2D eigenvalue weighted by Crippen LogP contribution is -2.09. The van der Waals surface area contributed by atoms with Crippen LogP contribution < -0.4 is 5.32 Å². The Kier molecular flexibility index (Phi) is 2.81. The number of carboxylic acid groups (broad SMARTS) is 1. The van der Waals surface area contributed by atoms with Gasteiger partial charge in [-0.05, 0) is 17.5 Å². The van der Waals surface area contributed by atoms with Crippen LogP contribution >= 0.6 is 11.3 Å². The van der Waals surface area contributed by atoms with Crippen LogP contribution in [0.25, 0.3) is 0 Å². The summed E-state index contributed by atoms with van der Waals surface area (Å²) in [5, 5.41) is 13.0. The topological polar surface area (TPSA) is 66.4 Å². The van der Waals surface area contributed by atoms with Gasteiger partial charge in [0.1, 0.15) is 5.00 Å². The molecular formula is C8H7NO3S. The van der Waals surface area contributed by atoms with E-state index in [9.17, 15) is 9.59 Å². The van der Waals surface area contributed by atoms with E-state index in [1.165, 1.54) is 6.07 Å². The van der Waals surface area contributed by atoms with Crippen LogP contribution in [0.15, 0.2) is 24.1 Å². The molecule has 0 aliphatic heterocycles. The van der Waals surface area contributed by atoms with E-state index < -0.39 is 11.9 Å². The highest BCUT2D eigenvalue weighted by Gasteiger charge is 2.11. The van der Waals surface area contributed by atoms with Crippen molar-refractivity contribution in [1.82, 2.24) is 0 Å². The number of carboxylic acids is 1. The van der Waals surface area contributed by atoms with Crippen LogP contribution in [-0.2, 0) is 4.79 Å². The molecule has 0 saturated carbocycles. The summed E-state index contributed by atoms with van der Waals surface area (Å²) in [6.07, 6.45) is 1.09. The van der Waals surface area contributed by atoms with Crippen LogP contribution in [0.4, 0.5) is 5.00 Å². The van der Waals surface area contributed by atoms with Gasteiger partial charge in [-0.15, -0.1) is 11.3 Å².